The number of alkyl carbamates (subject to hydrolysis) is 1. The second-order valence-corrected chi connectivity index (χ2v) is 18.3. The van der Waals surface area contributed by atoms with Crippen molar-refractivity contribution >= 4 is 29.1 Å². The molecule has 0 aliphatic heterocycles. The number of carbonyl (C=O) groups excluding carboxylic acids is 1. The Bertz CT molecular complexity index is 7120. The van der Waals surface area contributed by atoms with Gasteiger partial charge in [-0.25, -0.2) is 14.8 Å². The van der Waals surface area contributed by atoms with Gasteiger partial charge < -0.3 is 26.4 Å². The van der Waals surface area contributed by atoms with Gasteiger partial charge in [-0.1, -0.05) is 5.92 Å². The maximum absolute atomic E-state index is 11.4. The molecular formula is C106H38N8O6. The highest BCUT2D eigenvalue weighted by Gasteiger charge is 2.16. The summed E-state index contributed by atoms with van der Waals surface area (Å²) in [7, 11) is 0. The molecule has 0 atom stereocenters. The third-order valence-corrected chi connectivity index (χ3v) is 8.98. The zero-order valence-corrected chi connectivity index (χ0v) is 63.3. The average molecular weight is 1520 g/mol. The van der Waals surface area contributed by atoms with Crippen molar-refractivity contribution < 1.29 is 19.4 Å². The fraction of sp³-hybridized carbons (Fsp3) is 0.104. The van der Waals surface area contributed by atoms with Crippen LogP contribution in [0.2, 0.25) is 0 Å². The zero-order chi connectivity index (χ0) is 87.5. The summed E-state index contributed by atoms with van der Waals surface area (Å²) >= 11 is 0. The van der Waals surface area contributed by atoms with Crippen LogP contribution in [0.3, 0.4) is 0 Å². The molecule has 0 fully saturated rings. The number of terminal acetylenes is 3. The van der Waals surface area contributed by atoms with Crippen LogP contribution in [0.5, 0.6) is 0 Å². The molecule has 14 heteroatoms. The molecule has 14 nitrogen and oxygen atoms in total. The van der Waals surface area contributed by atoms with Crippen LogP contribution < -0.4 is 21.7 Å². The summed E-state index contributed by atoms with van der Waals surface area (Å²) in [5.74, 6) is 201. The van der Waals surface area contributed by atoms with Crippen molar-refractivity contribution in [1.82, 2.24) is 15.3 Å². The maximum Gasteiger partial charge on any atom is 0.407 e. The minimum absolute atomic E-state index is 0.00970. The highest BCUT2D eigenvalue weighted by Crippen LogP contribution is 2.21. The van der Waals surface area contributed by atoms with Gasteiger partial charge in [-0.2, -0.15) is 0 Å². The summed E-state index contributed by atoms with van der Waals surface area (Å²) in [5, 5.41) is 29.7. The average Bonchev–Trinajstić information content (AvgIpc) is 0.868. The number of hydrogen-bond acceptors (Lipinski definition) is 11. The van der Waals surface area contributed by atoms with Gasteiger partial charge in [0.05, 0.1) is 9.85 Å². The summed E-state index contributed by atoms with van der Waals surface area (Å²) in [5.41, 5.74) is 4.68. The predicted molar refractivity (Wildman–Crippen MR) is 467 cm³/mol. The normalized spacial score (nSPS) is 5.78. The summed E-state index contributed by atoms with van der Waals surface area (Å²) in [6.45, 7) is 9.04. The van der Waals surface area contributed by atoms with Crippen LogP contribution in [-0.4, -0.2) is 57.7 Å². The molecule has 0 aromatic carbocycles. The Labute approximate surface area is 704 Å². The van der Waals surface area contributed by atoms with E-state index in [0.717, 1.165) is 6.42 Å². The molecule has 2 rings (SSSR count). The molecule has 2 heterocycles. The SMILES string of the molecule is C#CC#CC#CC#CC#CC#CC#CC#CC#CC#CC#CC#CC#CC#CC#CC#CC#CC#CC#CC#CC#C.C#CC#CC#CC#CC#CC#CC#CC#CC#CC#CC#CC#CC#CC#CC#CC#CC#CC#CC#CC#CC#CC.CC(C)(C)OC(=O)NCCCNc1ncccc1[N+](=O)[O-].NCCCNc1ncccc1[N+](=O)[O-]. The lowest BCUT2D eigenvalue weighted by Gasteiger charge is -2.19. The Hall–Kier alpha value is -22.5. The molecule has 0 radical (unpaired) electrons. The number of hydrogen-bond donors (Lipinski definition) is 4. The summed E-state index contributed by atoms with van der Waals surface area (Å²) in [6.07, 6.45) is 18.7. The van der Waals surface area contributed by atoms with E-state index in [1.165, 1.54) is 36.7 Å². The van der Waals surface area contributed by atoms with E-state index in [9.17, 15) is 25.0 Å². The van der Waals surface area contributed by atoms with E-state index < -0.39 is 21.5 Å². The Kier molecular flexibility index (Phi) is 68.1. The first-order valence-electron chi connectivity index (χ1n) is 32.0. The molecule has 0 saturated carbocycles. The van der Waals surface area contributed by atoms with Gasteiger partial charge in [0.25, 0.3) is 0 Å². The summed E-state index contributed by atoms with van der Waals surface area (Å²) in [4.78, 5) is 39.6. The second-order valence-electron chi connectivity index (χ2n) is 18.3. The van der Waals surface area contributed by atoms with Gasteiger partial charge in [0.2, 0.25) is 11.6 Å². The molecule has 0 bridgehead atoms. The van der Waals surface area contributed by atoms with Crippen LogP contribution in [0.1, 0.15) is 40.5 Å². The summed E-state index contributed by atoms with van der Waals surface area (Å²) < 4.78 is 5.08. The molecule has 0 unspecified atom stereocenters. The van der Waals surface area contributed by atoms with Gasteiger partial charge >= 0.3 is 17.5 Å². The number of anilines is 2. The Morgan fingerprint density at radius 1 is 0.333 bits per heavy atom. The number of rotatable bonds is 11. The van der Waals surface area contributed by atoms with E-state index in [0.29, 0.717) is 38.4 Å². The smallest absolute Gasteiger partial charge is 0.407 e. The molecular weight excluding hydrogens is 1480 g/mol. The minimum Gasteiger partial charge on any atom is -0.444 e. The summed E-state index contributed by atoms with van der Waals surface area (Å²) in [6, 6.07) is 5.84. The van der Waals surface area contributed by atoms with E-state index in [1.807, 2.05) is 0 Å². The lowest BCUT2D eigenvalue weighted by Crippen LogP contribution is -2.33. The van der Waals surface area contributed by atoms with Crippen molar-refractivity contribution in [3.05, 3.63) is 56.9 Å². The monoisotopic (exact) mass is 1520 g/mol. The number of amides is 1. The van der Waals surface area contributed by atoms with Crippen molar-refractivity contribution in [2.24, 2.45) is 5.73 Å². The number of nitro groups is 2. The number of ether oxygens (including phenoxy) is 1. The third-order valence-electron chi connectivity index (χ3n) is 8.98. The number of aromatic nitrogens is 2. The molecule has 0 aliphatic rings. The van der Waals surface area contributed by atoms with Gasteiger partial charge in [-0.3, -0.25) is 20.2 Å². The fourth-order valence-corrected chi connectivity index (χ4v) is 4.92. The first-order valence-corrected chi connectivity index (χ1v) is 32.0. The van der Waals surface area contributed by atoms with E-state index in [2.05, 4.69) is 505 Å². The topological polar surface area (TPSA) is 200 Å². The molecule has 0 saturated heterocycles. The quantitative estimate of drug-likeness (QED) is 0.109. The van der Waals surface area contributed by atoms with Crippen LogP contribution in [0, 0.1) is 519 Å². The van der Waals surface area contributed by atoms with E-state index in [1.54, 1.807) is 27.7 Å². The molecule has 0 spiro atoms. The highest BCUT2D eigenvalue weighted by atomic mass is 16.6. The van der Waals surface area contributed by atoms with E-state index >= 15 is 0 Å². The van der Waals surface area contributed by atoms with E-state index in [-0.39, 0.29) is 17.2 Å². The Morgan fingerprint density at radius 2 is 0.517 bits per heavy atom. The third kappa shape index (κ3) is 78.0. The van der Waals surface area contributed by atoms with Crippen molar-refractivity contribution in [1.29, 1.82) is 0 Å². The Morgan fingerprint density at radius 3 is 0.683 bits per heavy atom. The number of nitrogens with zero attached hydrogens (tertiary/aromatic N) is 4. The molecule has 2 aromatic heterocycles. The second kappa shape index (κ2) is 82.1. The first-order chi connectivity index (χ1) is 58.9. The molecule has 2 aromatic rings. The Balaban J connectivity index is 0. The zero-order valence-electron chi connectivity index (χ0n) is 63.3. The first kappa shape index (κ1) is 99.5. The maximum atomic E-state index is 11.4. The molecule has 0 aliphatic carbocycles. The van der Waals surface area contributed by atoms with Gasteiger partial charge in [0.1, 0.15) is 5.60 Å². The molecule has 538 valence electrons. The number of carbonyl (C=O) groups is 1. The number of nitrogens with one attached hydrogen (secondary N) is 3. The van der Waals surface area contributed by atoms with E-state index in [4.69, 9.17) is 29.7 Å². The highest BCUT2D eigenvalue weighted by molar-refractivity contribution is 5.67. The number of nitrogens with two attached hydrogens (primary N) is 1. The largest absolute Gasteiger partial charge is 0.444 e. The lowest BCUT2D eigenvalue weighted by atomic mass is 10.2. The van der Waals surface area contributed by atoms with Gasteiger partial charge in [0, 0.05) is 328 Å². The number of pyridine rings is 2. The van der Waals surface area contributed by atoms with Crippen molar-refractivity contribution in [3.63, 3.8) is 0 Å². The molecule has 5 N–H and O–H groups in total. The fourth-order valence-electron chi connectivity index (χ4n) is 4.92. The van der Waals surface area contributed by atoms with Crippen LogP contribution in [0.25, 0.3) is 0 Å². The van der Waals surface area contributed by atoms with Gasteiger partial charge in [-0.05, 0) is 249 Å². The van der Waals surface area contributed by atoms with Gasteiger partial charge in [0.15, 0.2) is 0 Å². The lowest BCUT2D eigenvalue weighted by molar-refractivity contribution is -0.384. The van der Waals surface area contributed by atoms with Crippen LogP contribution >= 0.6 is 0 Å². The van der Waals surface area contributed by atoms with Crippen molar-refractivity contribution in [2.45, 2.75) is 46.1 Å². The standard InChI is InChI=1S/C43H4.C42H2.C13H20N4O4.C8H12N4O2/c1-3-5-7-9-11-13-15-17-19-21-23-25-27-29-31-33-35-37-39-41-43-42-40-38-36-34-32-30-28-26-24-22-20-18-16-14-12-10-8-6-4-2;1-3-5-7-9-11-13-15-17-19-21-23-25-27-29-31-33-35-37-39-41-42-40-38-36-34-32-30-28-26-24-22-20-18-16-14-12-10-8-6-4-2;1-13(2,3)21-12(18)16-9-5-8-15-11-10(17(19)20)6-4-7-14-11;9-4-2-6-11-8-7(12(13)14)3-1-5-10-8/h1H,2H3;1-2H;4,6-7H,5,8-9H2,1-3H3,(H,14,15)(H,16,18);1,3,5H,2,4,6,9H2,(H,10,11). The van der Waals surface area contributed by atoms with Crippen LogP contribution in [-0.2, 0) is 4.74 Å². The van der Waals surface area contributed by atoms with Gasteiger partial charge in [-0.15, -0.1) is 19.3 Å². The predicted octanol–water partition coefficient (Wildman–Crippen LogP) is 4.09. The van der Waals surface area contributed by atoms with Crippen molar-refractivity contribution in [2.75, 3.05) is 36.8 Å². The van der Waals surface area contributed by atoms with Crippen molar-refractivity contribution in [3.8, 4) is 499 Å². The molecule has 120 heavy (non-hydrogen) atoms. The van der Waals surface area contributed by atoms with Crippen LogP contribution in [0.15, 0.2) is 36.7 Å². The van der Waals surface area contributed by atoms with Crippen LogP contribution in [0.4, 0.5) is 27.8 Å². The molecule has 1 amide bonds. The minimum atomic E-state index is -0.531.